The molecule has 3 aromatic rings. The van der Waals surface area contributed by atoms with E-state index in [2.05, 4.69) is 4.98 Å². The van der Waals surface area contributed by atoms with Gasteiger partial charge in [-0.05, 0) is 32.0 Å². The zero-order valence-corrected chi connectivity index (χ0v) is 17.4. The van der Waals surface area contributed by atoms with Gasteiger partial charge in [0.1, 0.15) is 11.6 Å². The third-order valence-corrected chi connectivity index (χ3v) is 6.91. The van der Waals surface area contributed by atoms with Crippen molar-refractivity contribution in [2.75, 3.05) is 4.90 Å². The first-order chi connectivity index (χ1) is 15.3. The first kappa shape index (κ1) is 19.1. The van der Waals surface area contributed by atoms with E-state index in [0.717, 1.165) is 5.06 Å². The summed E-state index contributed by atoms with van der Waals surface area (Å²) in [4.78, 5) is 45.3. The molecular weight excluding hydrogens is 412 g/mol. The Morgan fingerprint density at radius 3 is 2.59 bits per heavy atom. The second-order valence-corrected chi connectivity index (χ2v) is 8.97. The third-order valence-electron chi connectivity index (χ3n) is 6.91. The number of benzene rings is 2. The van der Waals surface area contributed by atoms with Crippen LogP contribution >= 0.6 is 0 Å². The topological polar surface area (TPSA) is 105 Å². The average Bonchev–Trinajstić information content (AvgIpc) is 3.33. The van der Waals surface area contributed by atoms with Crippen LogP contribution in [0.1, 0.15) is 31.9 Å². The fourth-order valence-electron chi connectivity index (χ4n) is 5.25. The number of hydrogen-bond acceptors (Lipinski definition) is 7. The van der Waals surface area contributed by atoms with Crippen LogP contribution in [-0.2, 0) is 19.9 Å². The third kappa shape index (κ3) is 2.14. The summed E-state index contributed by atoms with van der Waals surface area (Å²) in [5.74, 6) is -0.898. The minimum Gasteiger partial charge on any atom is -0.449 e. The molecule has 9 nitrogen and oxygen atoms in total. The van der Waals surface area contributed by atoms with Crippen molar-refractivity contribution in [1.29, 1.82) is 0 Å². The number of hydrogen-bond donors (Lipinski definition) is 1. The number of anilines is 1. The quantitative estimate of drug-likeness (QED) is 0.586. The first-order valence-corrected chi connectivity index (χ1v) is 10.4. The van der Waals surface area contributed by atoms with Crippen LogP contribution in [0.4, 0.5) is 5.69 Å². The zero-order chi connectivity index (χ0) is 22.4. The predicted octanol–water partition coefficient (Wildman–Crippen LogP) is 1.94. The maximum Gasteiger partial charge on any atom is 0.330 e. The van der Waals surface area contributed by atoms with E-state index in [1.807, 2.05) is 0 Å². The van der Waals surface area contributed by atoms with Crippen LogP contribution in [0.2, 0.25) is 0 Å². The second-order valence-electron chi connectivity index (χ2n) is 8.97. The molecule has 1 amide bonds. The zero-order valence-electron chi connectivity index (χ0n) is 17.4. The van der Waals surface area contributed by atoms with Crippen LogP contribution in [-0.4, -0.2) is 43.4 Å². The molecule has 9 heteroatoms. The molecule has 0 aliphatic carbocycles. The summed E-state index contributed by atoms with van der Waals surface area (Å²) >= 11 is 0. The van der Waals surface area contributed by atoms with E-state index in [1.165, 1.54) is 15.8 Å². The van der Waals surface area contributed by atoms with Crippen molar-refractivity contribution in [2.45, 2.75) is 43.6 Å². The van der Waals surface area contributed by atoms with Gasteiger partial charge in [0, 0.05) is 12.0 Å². The molecule has 1 N–H and O–H groups in total. The number of esters is 1. The standard InChI is InChI=1S/C23H20N4O5/c1-22(2)21(30)26-16-10-6-4-8-14(16)23(20(26)27(22)31)11-17(19(29)32-23)25-12-24-15-9-5-3-7-13(15)18(25)28/h3-10,12,17,20,31H,11H2,1-2H3/t17-,20+,23+/m1/s1. The first-order valence-electron chi connectivity index (χ1n) is 10.4. The number of rotatable bonds is 1. The van der Waals surface area contributed by atoms with Crippen molar-refractivity contribution in [3.05, 3.63) is 70.8 Å². The summed E-state index contributed by atoms with van der Waals surface area (Å²) in [7, 11) is 0. The number of amides is 1. The van der Waals surface area contributed by atoms with Gasteiger partial charge in [0.25, 0.3) is 11.5 Å². The van der Waals surface area contributed by atoms with E-state index in [1.54, 1.807) is 62.4 Å². The largest absolute Gasteiger partial charge is 0.449 e. The van der Waals surface area contributed by atoms with Crippen LogP contribution in [0, 0.1) is 0 Å². The molecule has 4 heterocycles. The lowest BCUT2D eigenvalue weighted by Crippen LogP contribution is -2.52. The molecule has 2 aromatic carbocycles. The molecule has 6 rings (SSSR count). The molecule has 2 fully saturated rings. The van der Waals surface area contributed by atoms with E-state index in [0.29, 0.717) is 22.2 Å². The van der Waals surface area contributed by atoms with Gasteiger partial charge in [0.2, 0.25) is 0 Å². The van der Waals surface area contributed by atoms with Gasteiger partial charge in [-0.15, -0.1) is 5.06 Å². The fraction of sp³-hybridized carbons (Fsp3) is 0.304. The Morgan fingerprint density at radius 1 is 1.06 bits per heavy atom. The van der Waals surface area contributed by atoms with Gasteiger partial charge in [0.05, 0.1) is 22.9 Å². The lowest BCUT2D eigenvalue weighted by molar-refractivity contribution is -0.209. The summed E-state index contributed by atoms with van der Waals surface area (Å²) in [6.07, 6.45) is 0.499. The summed E-state index contributed by atoms with van der Waals surface area (Å²) in [5, 5.41) is 12.4. The van der Waals surface area contributed by atoms with Gasteiger partial charge < -0.3 is 9.94 Å². The van der Waals surface area contributed by atoms with Crippen LogP contribution in [0.3, 0.4) is 0 Å². The molecule has 162 valence electrons. The van der Waals surface area contributed by atoms with Crippen molar-refractivity contribution >= 4 is 28.5 Å². The monoisotopic (exact) mass is 432 g/mol. The summed E-state index contributed by atoms with van der Waals surface area (Å²) in [6.45, 7) is 3.24. The van der Waals surface area contributed by atoms with E-state index >= 15 is 0 Å². The van der Waals surface area contributed by atoms with Crippen LogP contribution in [0.25, 0.3) is 10.9 Å². The Bertz CT molecular complexity index is 1380. The predicted molar refractivity (Wildman–Crippen MR) is 113 cm³/mol. The van der Waals surface area contributed by atoms with Gasteiger partial charge >= 0.3 is 5.97 Å². The Kier molecular flexibility index (Phi) is 3.60. The molecule has 3 aliphatic rings. The van der Waals surface area contributed by atoms with Crippen molar-refractivity contribution in [2.24, 2.45) is 0 Å². The molecule has 3 atom stereocenters. The summed E-state index contributed by atoms with van der Waals surface area (Å²) in [5.41, 5.74) is -1.10. The number of nitrogens with zero attached hydrogens (tertiary/aromatic N) is 4. The number of ether oxygens (including phenoxy) is 1. The number of aromatic nitrogens is 2. The van der Waals surface area contributed by atoms with E-state index < -0.39 is 29.3 Å². The molecule has 0 unspecified atom stereocenters. The maximum absolute atomic E-state index is 13.2. The Hall–Kier alpha value is -3.56. The van der Waals surface area contributed by atoms with Crippen molar-refractivity contribution in [3.63, 3.8) is 0 Å². The van der Waals surface area contributed by atoms with E-state index in [4.69, 9.17) is 4.74 Å². The van der Waals surface area contributed by atoms with Crippen LogP contribution in [0.5, 0.6) is 0 Å². The molecule has 1 aromatic heterocycles. The van der Waals surface area contributed by atoms with Crippen LogP contribution < -0.4 is 10.5 Å². The van der Waals surface area contributed by atoms with Gasteiger partial charge in [-0.25, -0.2) is 9.78 Å². The normalized spacial score (nSPS) is 28.4. The lowest BCUT2D eigenvalue weighted by atomic mass is 9.88. The fourth-order valence-corrected chi connectivity index (χ4v) is 5.25. The highest BCUT2D eigenvalue weighted by Crippen LogP contribution is 2.58. The van der Waals surface area contributed by atoms with Crippen molar-refractivity contribution in [3.8, 4) is 0 Å². The van der Waals surface area contributed by atoms with E-state index in [-0.39, 0.29) is 17.9 Å². The minimum absolute atomic E-state index is 0.0738. The van der Waals surface area contributed by atoms with E-state index in [9.17, 15) is 19.6 Å². The number of carbonyl (C=O) groups is 2. The molecule has 1 spiro atoms. The molecule has 0 radical (unpaired) electrons. The molecular formula is C23H20N4O5. The molecule has 0 bridgehead atoms. The van der Waals surface area contributed by atoms with Gasteiger partial charge in [-0.2, -0.15) is 0 Å². The SMILES string of the molecule is CC1(C)C(=O)N2c3ccccc3[C@@]3(C[C@@H](n4cnc5ccccc5c4=O)C(=O)O3)[C@@H]2N1O. The van der Waals surface area contributed by atoms with Crippen molar-refractivity contribution < 1.29 is 19.5 Å². The van der Waals surface area contributed by atoms with Gasteiger partial charge in [-0.1, -0.05) is 30.3 Å². The lowest BCUT2D eigenvalue weighted by Gasteiger charge is -2.35. The molecule has 0 saturated carbocycles. The molecule has 3 aliphatic heterocycles. The molecule has 32 heavy (non-hydrogen) atoms. The van der Waals surface area contributed by atoms with Gasteiger partial charge in [0.15, 0.2) is 11.8 Å². The Labute approximate surface area is 182 Å². The number of para-hydroxylation sites is 2. The smallest absolute Gasteiger partial charge is 0.330 e. The number of hydroxylamine groups is 2. The van der Waals surface area contributed by atoms with Gasteiger partial charge in [-0.3, -0.25) is 19.1 Å². The number of carbonyl (C=O) groups excluding carboxylic acids is 2. The highest BCUT2D eigenvalue weighted by molar-refractivity contribution is 6.05. The number of fused-ring (bicyclic) bond motifs is 6. The average molecular weight is 432 g/mol. The Balaban J connectivity index is 1.52. The maximum atomic E-state index is 13.2. The van der Waals surface area contributed by atoms with Crippen molar-refractivity contribution in [1.82, 2.24) is 14.6 Å². The Morgan fingerprint density at radius 2 is 1.78 bits per heavy atom. The summed E-state index contributed by atoms with van der Waals surface area (Å²) < 4.78 is 7.26. The molecule has 2 saturated heterocycles. The highest BCUT2D eigenvalue weighted by atomic mass is 16.6. The second kappa shape index (κ2) is 6.02. The summed E-state index contributed by atoms with van der Waals surface area (Å²) in [6, 6.07) is 13.1. The highest BCUT2D eigenvalue weighted by Gasteiger charge is 2.70. The minimum atomic E-state index is -1.32. The van der Waals surface area contributed by atoms with Crippen LogP contribution in [0.15, 0.2) is 59.7 Å².